The summed E-state index contributed by atoms with van der Waals surface area (Å²) in [4.78, 5) is 20.9. The molecule has 1 amide bonds. The van der Waals surface area contributed by atoms with Crippen molar-refractivity contribution in [3.8, 4) is 9.88 Å². The Labute approximate surface area is 143 Å². The smallest absolute Gasteiger partial charge is 0.271 e. The van der Waals surface area contributed by atoms with Gasteiger partial charge in [0, 0.05) is 31.1 Å². The molecule has 0 radical (unpaired) electrons. The van der Waals surface area contributed by atoms with Gasteiger partial charge in [0.2, 0.25) is 0 Å². The SMILES string of the molecule is O=C(NC1C2CC3CC1CN(C3)C2)c1csc(-c2cccs2)n1. The zero-order valence-electron chi connectivity index (χ0n) is 12.8. The molecule has 2 aromatic heterocycles. The molecule has 6 heteroatoms. The van der Waals surface area contributed by atoms with Gasteiger partial charge in [-0.2, -0.15) is 0 Å². The number of hydrogen-bond acceptors (Lipinski definition) is 5. The summed E-state index contributed by atoms with van der Waals surface area (Å²) >= 11 is 3.22. The Hall–Kier alpha value is -1.24. The molecule has 5 heterocycles. The number of carbonyl (C=O) groups is 1. The summed E-state index contributed by atoms with van der Waals surface area (Å²) < 4.78 is 0. The number of nitrogens with one attached hydrogen (secondary N) is 1. The Bertz CT molecular complexity index is 696. The predicted molar refractivity (Wildman–Crippen MR) is 92.8 cm³/mol. The first kappa shape index (κ1) is 14.1. The molecular formula is C17H19N3OS2. The van der Waals surface area contributed by atoms with Crippen LogP contribution in [-0.4, -0.2) is 41.5 Å². The minimum absolute atomic E-state index is 0.0107. The van der Waals surface area contributed by atoms with E-state index in [1.165, 1.54) is 19.4 Å². The van der Waals surface area contributed by atoms with Gasteiger partial charge in [-0.05, 0) is 42.0 Å². The Kier molecular flexibility index (Phi) is 3.32. The second kappa shape index (κ2) is 5.40. The highest BCUT2D eigenvalue weighted by atomic mass is 32.1. The number of thiophene rings is 1. The number of aromatic nitrogens is 1. The first-order valence-corrected chi connectivity index (χ1v) is 10.0. The van der Waals surface area contributed by atoms with Crippen molar-refractivity contribution in [2.45, 2.75) is 18.9 Å². The van der Waals surface area contributed by atoms with Crippen molar-refractivity contribution in [3.05, 3.63) is 28.6 Å². The van der Waals surface area contributed by atoms with Crippen LogP contribution in [0.25, 0.3) is 9.88 Å². The van der Waals surface area contributed by atoms with E-state index in [2.05, 4.69) is 21.3 Å². The summed E-state index contributed by atoms with van der Waals surface area (Å²) in [5.74, 6) is 2.16. The van der Waals surface area contributed by atoms with Crippen LogP contribution >= 0.6 is 22.7 Å². The Morgan fingerprint density at radius 2 is 2.04 bits per heavy atom. The molecule has 6 rings (SSSR count). The molecular weight excluding hydrogens is 326 g/mol. The Morgan fingerprint density at radius 1 is 1.22 bits per heavy atom. The van der Waals surface area contributed by atoms with Crippen LogP contribution in [0.3, 0.4) is 0 Å². The monoisotopic (exact) mass is 345 g/mol. The van der Waals surface area contributed by atoms with Gasteiger partial charge in [-0.25, -0.2) is 4.98 Å². The molecule has 23 heavy (non-hydrogen) atoms. The fourth-order valence-corrected chi connectivity index (χ4v) is 6.37. The van der Waals surface area contributed by atoms with E-state index < -0.39 is 0 Å². The van der Waals surface area contributed by atoms with Crippen LogP contribution in [-0.2, 0) is 0 Å². The molecule has 4 bridgehead atoms. The highest BCUT2D eigenvalue weighted by molar-refractivity contribution is 7.20. The zero-order chi connectivity index (χ0) is 15.4. The summed E-state index contributed by atoms with van der Waals surface area (Å²) in [6.45, 7) is 3.61. The van der Waals surface area contributed by atoms with E-state index in [0.29, 0.717) is 23.6 Å². The first-order valence-electron chi connectivity index (χ1n) is 8.29. The van der Waals surface area contributed by atoms with E-state index in [9.17, 15) is 4.79 Å². The molecule has 4 fully saturated rings. The molecule has 4 nitrogen and oxygen atoms in total. The zero-order valence-corrected chi connectivity index (χ0v) is 14.4. The number of piperidine rings is 3. The number of hydrogen-bond donors (Lipinski definition) is 1. The van der Waals surface area contributed by atoms with Crippen molar-refractivity contribution >= 4 is 28.6 Å². The molecule has 1 aliphatic carbocycles. The number of rotatable bonds is 3. The maximum Gasteiger partial charge on any atom is 0.271 e. The van der Waals surface area contributed by atoms with E-state index in [1.54, 1.807) is 22.7 Å². The average Bonchev–Trinajstić information content (AvgIpc) is 3.20. The lowest BCUT2D eigenvalue weighted by Gasteiger charge is -2.55. The van der Waals surface area contributed by atoms with Gasteiger partial charge in [-0.15, -0.1) is 22.7 Å². The largest absolute Gasteiger partial charge is 0.347 e. The molecule has 3 saturated heterocycles. The van der Waals surface area contributed by atoms with Crippen molar-refractivity contribution in [2.24, 2.45) is 17.8 Å². The van der Waals surface area contributed by atoms with Crippen LogP contribution in [0, 0.1) is 17.8 Å². The van der Waals surface area contributed by atoms with Gasteiger partial charge in [-0.3, -0.25) is 4.79 Å². The summed E-state index contributed by atoms with van der Waals surface area (Å²) in [7, 11) is 0. The third kappa shape index (κ3) is 2.44. The van der Waals surface area contributed by atoms with E-state index in [0.717, 1.165) is 28.9 Å². The summed E-state index contributed by atoms with van der Waals surface area (Å²) in [5, 5.41) is 8.20. The van der Waals surface area contributed by atoms with Crippen LogP contribution in [0.4, 0.5) is 0 Å². The molecule has 0 aromatic carbocycles. The van der Waals surface area contributed by atoms with Crippen molar-refractivity contribution in [1.82, 2.24) is 15.2 Å². The number of carbonyl (C=O) groups excluding carboxylic acids is 1. The standard InChI is InChI=1S/C17H19N3OS2/c21-16(13-9-23-17(18-13)14-2-1-3-22-14)19-15-11-4-10-5-12(15)8-20(6-10)7-11/h1-3,9-12,15H,4-8H2,(H,19,21). The normalized spacial score (nSPS) is 34.7. The highest BCUT2D eigenvalue weighted by Crippen LogP contribution is 2.43. The van der Waals surface area contributed by atoms with Gasteiger partial charge >= 0.3 is 0 Å². The van der Waals surface area contributed by atoms with E-state index in [-0.39, 0.29) is 5.91 Å². The average molecular weight is 345 g/mol. The van der Waals surface area contributed by atoms with Crippen LogP contribution in [0.2, 0.25) is 0 Å². The van der Waals surface area contributed by atoms with E-state index >= 15 is 0 Å². The van der Waals surface area contributed by atoms with Gasteiger partial charge < -0.3 is 10.2 Å². The lowest BCUT2D eigenvalue weighted by molar-refractivity contribution is -0.0419. The van der Waals surface area contributed by atoms with Crippen LogP contribution in [0.15, 0.2) is 22.9 Å². The molecule has 4 aliphatic rings. The number of nitrogens with zero attached hydrogens (tertiary/aromatic N) is 2. The molecule has 120 valence electrons. The van der Waals surface area contributed by atoms with Crippen molar-refractivity contribution < 1.29 is 4.79 Å². The van der Waals surface area contributed by atoms with Gasteiger partial charge in [-0.1, -0.05) is 6.07 Å². The Morgan fingerprint density at radius 3 is 2.74 bits per heavy atom. The van der Waals surface area contributed by atoms with Gasteiger partial charge in [0.25, 0.3) is 5.91 Å². The molecule has 3 aliphatic heterocycles. The maximum atomic E-state index is 12.6. The summed E-state index contributed by atoms with van der Waals surface area (Å²) in [5.41, 5.74) is 0.576. The fourth-order valence-electron chi connectivity index (χ4n) is 4.76. The molecule has 2 unspecified atom stereocenters. The lowest BCUT2D eigenvalue weighted by atomic mass is 9.65. The van der Waals surface area contributed by atoms with Gasteiger partial charge in [0.15, 0.2) is 0 Å². The first-order chi connectivity index (χ1) is 11.3. The lowest BCUT2D eigenvalue weighted by Crippen LogP contribution is -2.64. The van der Waals surface area contributed by atoms with Gasteiger partial charge in [0.1, 0.15) is 10.7 Å². The van der Waals surface area contributed by atoms with Crippen LogP contribution in [0.5, 0.6) is 0 Å². The molecule has 1 saturated carbocycles. The van der Waals surface area contributed by atoms with Gasteiger partial charge in [0.05, 0.1) is 4.88 Å². The fraction of sp³-hybridized carbons (Fsp3) is 0.529. The summed E-state index contributed by atoms with van der Waals surface area (Å²) in [6, 6.07) is 4.42. The Balaban J connectivity index is 1.32. The molecule has 0 spiro atoms. The highest BCUT2D eigenvalue weighted by Gasteiger charge is 2.47. The minimum Gasteiger partial charge on any atom is -0.347 e. The van der Waals surface area contributed by atoms with Crippen molar-refractivity contribution in [2.75, 3.05) is 19.6 Å². The van der Waals surface area contributed by atoms with Crippen LogP contribution in [0.1, 0.15) is 23.3 Å². The maximum absolute atomic E-state index is 12.6. The number of thiazole rings is 1. The second-order valence-corrected chi connectivity index (χ2v) is 8.90. The molecule has 2 aromatic rings. The van der Waals surface area contributed by atoms with Crippen molar-refractivity contribution in [3.63, 3.8) is 0 Å². The predicted octanol–water partition coefficient (Wildman–Crippen LogP) is 2.94. The second-order valence-electron chi connectivity index (χ2n) is 7.09. The van der Waals surface area contributed by atoms with E-state index in [1.807, 2.05) is 16.8 Å². The third-order valence-corrected chi connectivity index (χ3v) is 7.44. The quantitative estimate of drug-likeness (QED) is 0.930. The minimum atomic E-state index is 0.0107. The van der Waals surface area contributed by atoms with E-state index in [4.69, 9.17) is 0 Å². The topological polar surface area (TPSA) is 45.2 Å². The van der Waals surface area contributed by atoms with Crippen LogP contribution < -0.4 is 5.32 Å². The number of amides is 1. The molecule has 1 N–H and O–H groups in total. The molecule has 2 atom stereocenters. The summed E-state index contributed by atoms with van der Waals surface area (Å²) in [6.07, 6.45) is 2.57. The third-order valence-electron chi connectivity index (χ3n) is 5.56. The van der Waals surface area contributed by atoms with Crippen molar-refractivity contribution in [1.29, 1.82) is 0 Å².